The Morgan fingerprint density at radius 3 is 2.29 bits per heavy atom. The monoisotopic (exact) mass is 542 g/mol. The van der Waals surface area contributed by atoms with E-state index in [4.69, 9.17) is 9.47 Å². The van der Waals surface area contributed by atoms with Crippen LogP contribution in [0, 0.1) is 0 Å². The van der Waals surface area contributed by atoms with Crippen LogP contribution in [-0.2, 0) is 31.6 Å². The van der Waals surface area contributed by atoms with E-state index in [9.17, 15) is 17.6 Å². The summed E-state index contributed by atoms with van der Waals surface area (Å²) >= 11 is 0. The normalized spacial score (nSPS) is 12.6. The van der Waals surface area contributed by atoms with E-state index in [2.05, 4.69) is 10.0 Å². The Balaban J connectivity index is 1.90. The first-order valence-corrected chi connectivity index (χ1v) is 13.9. The van der Waals surface area contributed by atoms with Crippen molar-refractivity contribution >= 4 is 27.3 Å². The summed E-state index contributed by atoms with van der Waals surface area (Å²) in [5.74, 6) is -0.773. The molecule has 0 aliphatic carbocycles. The number of sulfonamides is 1. The van der Waals surface area contributed by atoms with Crippen molar-refractivity contribution in [3.05, 3.63) is 83.4 Å². The quantitative estimate of drug-likeness (QED) is 0.292. The molecular weight excluding hydrogens is 507 g/mol. The molecule has 3 aromatic carbocycles. The fraction of sp³-hybridized carbons (Fsp3) is 0.345. The van der Waals surface area contributed by atoms with E-state index in [0.29, 0.717) is 17.7 Å². The van der Waals surface area contributed by atoms with Crippen LogP contribution in [0.4, 0.5) is 15.8 Å². The second kappa shape index (κ2) is 12.4. The van der Waals surface area contributed by atoms with Gasteiger partial charge in [-0.25, -0.2) is 12.8 Å². The van der Waals surface area contributed by atoms with Crippen LogP contribution in [0.15, 0.2) is 71.6 Å². The highest BCUT2D eigenvalue weighted by Gasteiger charge is 2.26. The predicted octanol–water partition coefficient (Wildman–Crippen LogP) is 6.02. The number of amides is 1. The van der Waals surface area contributed by atoms with Gasteiger partial charge in [-0.05, 0) is 68.1 Å². The molecule has 3 rings (SSSR count). The molecule has 0 unspecified atom stereocenters. The molecule has 9 heteroatoms. The topological polar surface area (TPSA) is 93.7 Å². The van der Waals surface area contributed by atoms with Gasteiger partial charge < -0.3 is 14.8 Å². The van der Waals surface area contributed by atoms with Gasteiger partial charge in [0.1, 0.15) is 16.3 Å². The number of hydrogen-bond donors (Lipinski definition) is 2. The molecule has 0 heterocycles. The maximum atomic E-state index is 14.8. The first-order valence-electron chi connectivity index (χ1n) is 12.5. The summed E-state index contributed by atoms with van der Waals surface area (Å²) in [6, 6.07) is 18.4. The van der Waals surface area contributed by atoms with E-state index in [-0.39, 0.29) is 35.5 Å². The van der Waals surface area contributed by atoms with Crippen molar-refractivity contribution in [1.29, 1.82) is 0 Å². The highest BCUT2D eigenvalue weighted by Crippen LogP contribution is 2.33. The molecule has 0 saturated carbocycles. The Kier molecular flexibility index (Phi) is 9.51. The Hall–Kier alpha value is -3.43. The lowest BCUT2D eigenvalue weighted by Crippen LogP contribution is -2.25. The molecular formula is C29H35FN2O5S. The Morgan fingerprint density at radius 2 is 1.68 bits per heavy atom. The maximum absolute atomic E-state index is 14.8. The lowest BCUT2D eigenvalue weighted by atomic mass is 9.93. The molecule has 0 spiro atoms. The highest BCUT2D eigenvalue weighted by molar-refractivity contribution is 7.92. The van der Waals surface area contributed by atoms with Crippen LogP contribution >= 0.6 is 0 Å². The lowest BCUT2D eigenvalue weighted by molar-refractivity contribution is -0.118. The summed E-state index contributed by atoms with van der Waals surface area (Å²) in [6.45, 7) is 6.92. The van der Waals surface area contributed by atoms with Crippen molar-refractivity contribution in [3.63, 3.8) is 0 Å². The lowest BCUT2D eigenvalue weighted by Gasteiger charge is -2.21. The van der Waals surface area contributed by atoms with Gasteiger partial charge in [0.25, 0.3) is 10.0 Å². The number of methoxy groups -OCH3 is 1. The summed E-state index contributed by atoms with van der Waals surface area (Å²) in [7, 11) is -2.57. The van der Waals surface area contributed by atoms with Gasteiger partial charge in [0.15, 0.2) is 0 Å². The number of carbonyl (C=O) groups excluding carboxylic acids is 1. The number of nitrogens with one attached hydrogen (secondary N) is 2. The zero-order chi connectivity index (χ0) is 27.9. The maximum Gasteiger partial charge on any atom is 0.265 e. The first-order chi connectivity index (χ1) is 18.0. The van der Waals surface area contributed by atoms with Crippen LogP contribution in [0.3, 0.4) is 0 Å². The predicted molar refractivity (Wildman–Crippen MR) is 148 cm³/mol. The molecule has 0 aliphatic heterocycles. The highest BCUT2D eigenvalue weighted by atomic mass is 32.2. The van der Waals surface area contributed by atoms with Crippen molar-refractivity contribution in [3.8, 4) is 5.75 Å². The minimum atomic E-state index is -4.09. The van der Waals surface area contributed by atoms with E-state index >= 15 is 0 Å². The summed E-state index contributed by atoms with van der Waals surface area (Å²) in [5, 5.41) is 2.83. The average molecular weight is 543 g/mol. The van der Waals surface area contributed by atoms with Crippen molar-refractivity contribution in [2.45, 2.75) is 50.6 Å². The first kappa shape index (κ1) is 29.1. The third-order valence-corrected chi connectivity index (χ3v) is 7.46. The van der Waals surface area contributed by atoms with Gasteiger partial charge in [-0.1, -0.05) is 43.3 Å². The number of ether oxygens (including phenoxy) is 2. The SMILES string of the molecule is CCOc1cc(NC(=O)[C@@H](COC)c2ccccc2)ccc1S(=O)(=O)Nc1ccc(CC)c(C(C)(C)F)c1. The van der Waals surface area contributed by atoms with Crippen LogP contribution in [-0.4, -0.2) is 34.6 Å². The molecule has 0 saturated heterocycles. The molecule has 3 aromatic rings. The Morgan fingerprint density at radius 1 is 1.00 bits per heavy atom. The van der Waals surface area contributed by atoms with Gasteiger partial charge in [0.2, 0.25) is 5.91 Å². The minimum absolute atomic E-state index is 0.0806. The second-order valence-corrected chi connectivity index (χ2v) is 11.0. The van der Waals surface area contributed by atoms with Crippen LogP contribution in [0.5, 0.6) is 5.75 Å². The van der Waals surface area contributed by atoms with Crippen LogP contribution in [0.25, 0.3) is 0 Å². The molecule has 1 amide bonds. The summed E-state index contributed by atoms with van der Waals surface area (Å²) in [6.07, 6.45) is 0.618. The largest absolute Gasteiger partial charge is 0.492 e. The van der Waals surface area contributed by atoms with Crippen molar-refractivity contribution in [2.24, 2.45) is 0 Å². The van der Waals surface area contributed by atoms with E-state index in [1.807, 2.05) is 37.3 Å². The van der Waals surface area contributed by atoms with Crippen LogP contribution in [0.2, 0.25) is 0 Å². The van der Waals surface area contributed by atoms with E-state index < -0.39 is 21.6 Å². The molecule has 38 heavy (non-hydrogen) atoms. The number of anilines is 2. The number of alkyl halides is 1. The minimum Gasteiger partial charge on any atom is -0.492 e. The Labute approximate surface area is 224 Å². The molecule has 204 valence electrons. The number of aryl methyl sites for hydroxylation is 1. The second-order valence-electron chi connectivity index (χ2n) is 9.31. The number of benzene rings is 3. The van der Waals surface area contributed by atoms with Crippen molar-refractivity contribution in [1.82, 2.24) is 0 Å². The van der Waals surface area contributed by atoms with Gasteiger partial charge in [0.05, 0.1) is 19.1 Å². The van der Waals surface area contributed by atoms with Gasteiger partial charge in [-0.3, -0.25) is 9.52 Å². The fourth-order valence-electron chi connectivity index (χ4n) is 4.19. The number of hydrogen-bond acceptors (Lipinski definition) is 5. The molecule has 0 radical (unpaired) electrons. The van der Waals surface area contributed by atoms with Gasteiger partial charge in [-0.2, -0.15) is 0 Å². The van der Waals surface area contributed by atoms with E-state index in [1.54, 1.807) is 19.1 Å². The summed E-state index contributed by atoms with van der Waals surface area (Å²) in [4.78, 5) is 13.0. The number of rotatable bonds is 12. The zero-order valence-corrected chi connectivity index (χ0v) is 23.2. The third-order valence-electron chi connectivity index (χ3n) is 6.04. The third kappa shape index (κ3) is 7.11. The Bertz CT molecular complexity index is 1360. The standard InChI is InChI=1S/C29H35FN2O5S/c1-6-20-13-14-23(17-25(20)29(3,4)30)32-38(34,35)27-16-15-22(18-26(27)37-7-2)31-28(33)24(19-36-5)21-11-9-8-10-12-21/h8-18,24,32H,6-7,19H2,1-5H3,(H,31,33)/t24-/m0/s1. The molecule has 2 N–H and O–H groups in total. The van der Waals surface area contributed by atoms with Crippen molar-refractivity contribution in [2.75, 3.05) is 30.4 Å². The zero-order valence-electron chi connectivity index (χ0n) is 22.4. The molecule has 0 aromatic heterocycles. The van der Waals surface area contributed by atoms with Gasteiger partial charge >= 0.3 is 0 Å². The van der Waals surface area contributed by atoms with Gasteiger partial charge in [-0.15, -0.1) is 0 Å². The van der Waals surface area contributed by atoms with E-state index in [1.165, 1.54) is 45.2 Å². The summed E-state index contributed by atoms with van der Waals surface area (Å²) in [5.41, 5.74) is 1.01. The molecule has 0 aliphatic rings. The van der Waals surface area contributed by atoms with Crippen LogP contribution < -0.4 is 14.8 Å². The summed E-state index contributed by atoms with van der Waals surface area (Å²) < 4.78 is 54.9. The van der Waals surface area contributed by atoms with Crippen LogP contribution in [0.1, 0.15) is 50.3 Å². The number of carbonyl (C=O) groups is 1. The fourth-order valence-corrected chi connectivity index (χ4v) is 5.37. The molecule has 7 nitrogen and oxygen atoms in total. The van der Waals surface area contributed by atoms with Gasteiger partial charge in [0, 0.05) is 24.6 Å². The van der Waals surface area contributed by atoms with E-state index in [0.717, 1.165) is 11.1 Å². The molecule has 1 atom stereocenters. The van der Waals surface area contributed by atoms with Crippen molar-refractivity contribution < 1.29 is 27.1 Å². The molecule has 0 bridgehead atoms. The smallest absolute Gasteiger partial charge is 0.265 e. The number of halogens is 1. The molecule has 0 fully saturated rings. The average Bonchev–Trinajstić information content (AvgIpc) is 2.87.